The number of aliphatic carboxylic acids is 1. The highest BCUT2D eigenvalue weighted by molar-refractivity contribution is 6.00. The fourth-order valence-electron chi connectivity index (χ4n) is 2.92. The van der Waals surface area contributed by atoms with E-state index in [0.29, 0.717) is 37.3 Å². The van der Waals surface area contributed by atoms with E-state index < -0.39 is 11.5 Å². The van der Waals surface area contributed by atoms with Crippen molar-refractivity contribution in [1.82, 2.24) is 4.90 Å². The van der Waals surface area contributed by atoms with Crippen LogP contribution >= 0.6 is 0 Å². The molecule has 22 heavy (non-hydrogen) atoms. The van der Waals surface area contributed by atoms with E-state index in [1.54, 1.807) is 24.3 Å². The fraction of sp³-hybridized carbons (Fsp3) is 0.500. The molecule has 1 amide bonds. The van der Waals surface area contributed by atoms with Crippen LogP contribution in [0.2, 0.25) is 0 Å². The molecule has 0 saturated carbocycles. The van der Waals surface area contributed by atoms with E-state index in [2.05, 4.69) is 0 Å². The summed E-state index contributed by atoms with van der Waals surface area (Å²) < 4.78 is 10.6. The van der Waals surface area contributed by atoms with Gasteiger partial charge in [0, 0.05) is 13.7 Å². The van der Waals surface area contributed by atoms with Gasteiger partial charge in [0.2, 0.25) is 0 Å². The van der Waals surface area contributed by atoms with Crippen molar-refractivity contribution >= 4 is 11.9 Å². The van der Waals surface area contributed by atoms with Crippen molar-refractivity contribution in [2.75, 3.05) is 26.9 Å². The maximum absolute atomic E-state index is 12.9. The second-order valence-electron chi connectivity index (χ2n) is 5.26. The van der Waals surface area contributed by atoms with Gasteiger partial charge in [-0.15, -0.1) is 0 Å². The molecule has 0 radical (unpaired) electrons. The number of amides is 1. The van der Waals surface area contributed by atoms with Crippen LogP contribution in [0.1, 0.15) is 30.1 Å². The lowest BCUT2D eigenvalue weighted by molar-refractivity contribution is -0.151. The lowest BCUT2D eigenvalue weighted by atomic mass is 9.96. The van der Waals surface area contributed by atoms with Crippen LogP contribution in [0.25, 0.3) is 0 Å². The van der Waals surface area contributed by atoms with Crippen molar-refractivity contribution in [3.63, 3.8) is 0 Å². The maximum Gasteiger partial charge on any atom is 0.332 e. The predicted molar refractivity (Wildman–Crippen MR) is 80.1 cm³/mol. The van der Waals surface area contributed by atoms with Crippen LogP contribution in [-0.4, -0.2) is 54.3 Å². The van der Waals surface area contributed by atoms with Crippen LogP contribution in [0, 0.1) is 0 Å². The van der Waals surface area contributed by atoms with E-state index in [-0.39, 0.29) is 12.5 Å². The summed E-state index contributed by atoms with van der Waals surface area (Å²) in [4.78, 5) is 26.0. The highest BCUT2D eigenvalue weighted by Crippen LogP contribution is 2.33. The van der Waals surface area contributed by atoms with E-state index in [9.17, 15) is 14.7 Å². The molecule has 1 heterocycles. The van der Waals surface area contributed by atoms with Gasteiger partial charge in [-0.2, -0.15) is 0 Å². The van der Waals surface area contributed by atoms with Crippen LogP contribution in [0.5, 0.6) is 5.75 Å². The van der Waals surface area contributed by atoms with Crippen LogP contribution in [-0.2, 0) is 9.53 Å². The molecule has 6 heteroatoms. The highest BCUT2D eigenvalue weighted by atomic mass is 16.5. The van der Waals surface area contributed by atoms with Crippen molar-refractivity contribution in [3.05, 3.63) is 29.8 Å². The van der Waals surface area contributed by atoms with Gasteiger partial charge in [0.05, 0.1) is 18.8 Å². The molecule has 0 spiro atoms. The number of carboxylic acids is 1. The van der Waals surface area contributed by atoms with E-state index in [1.807, 2.05) is 6.92 Å². The zero-order chi connectivity index (χ0) is 16.2. The van der Waals surface area contributed by atoms with Crippen molar-refractivity contribution < 1.29 is 24.2 Å². The van der Waals surface area contributed by atoms with Gasteiger partial charge in [-0.1, -0.05) is 12.1 Å². The molecule has 1 saturated heterocycles. The number of carboxylic acid groups (broad SMARTS) is 1. The Hall–Kier alpha value is -2.08. The quantitative estimate of drug-likeness (QED) is 0.867. The lowest BCUT2D eigenvalue weighted by Crippen LogP contribution is -2.56. The first-order chi connectivity index (χ1) is 10.6. The van der Waals surface area contributed by atoms with Gasteiger partial charge < -0.3 is 19.5 Å². The van der Waals surface area contributed by atoms with Gasteiger partial charge in [0.15, 0.2) is 5.54 Å². The number of hydrogen-bond acceptors (Lipinski definition) is 4. The fourth-order valence-corrected chi connectivity index (χ4v) is 2.92. The monoisotopic (exact) mass is 307 g/mol. The summed E-state index contributed by atoms with van der Waals surface area (Å²) in [7, 11) is 1.44. The van der Waals surface area contributed by atoms with E-state index in [1.165, 1.54) is 12.0 Å². The lowest BCUT2D eigenvalue weighted by Gasteiger charge is -2.34. The standard InChI is InChI=1S/C16H21NO5/c1-3-22-13-8-5-4-7-12(13)14(18)17-10-6-9-16(17,11-21-2)15(19)20/h4-5,7-8H,3,6,9-11H2,1-2H3,(H,19,20). The number of carbonyl (C=O) groups excluding carboxylic acids is 1. The molecule has 1 aliphatic rings. The Morgan fingerprint density at radius 1 is 1.36 bits per heavy atom. The van der Waals surface area contributed by atoms with E-state index in [4.69, 9.17) is 9.47 Å². The average Bonchev–Trinajstić information content (AvgIpc) is 2.93. The Morgan fingerprint density at radius 3 is 2.73 bits per heavy atom. The molecule has 1 fully saturated rings. The molecule has 0 aliphatic carbocycles. The minimum Gasteiger partial charge on any atom is -0.493 e. The third kappa shape index (κ3) is 2.78. The molecule has 1 aromatic carbocycles. The summed E-state index contributed by atoms with van der Waals surface area (Å²) >= 11 is 0. The second-order valence-corrected chi connectivity index (χ2v) is 5.26. The number of ether oxygens (including phenoxy) is 2. The summed E-state index contributed by atoms with van der Waals surface area (Å²) in [6, 6.07) is 6.90. The van der Waals surface area contributed by atoms with Gasteiger partial charge in [-0.05, 0) is 31.9 Å². The zero-order valence-corrected chi connectivity index (χ0v) is 12.9. The van der Waals surface area contributed by atoms with E-state index >= 15 is 0 Å². The molecular weight excluding hydrogens is 286 g/mol. The number of para-hydroxylation sites is 1. The number of rotatable bonds is 6. The third-order valence-corrected chi connectivity index (χ3v) is 3.93. The summed E-state index contributed by atoms with van der Waals surface area (Å²) in [5.41, 5.74) is -0.918. The first-order valence-electron chi connectivity index (χ1n) is 7.33. The Morgan fingerprint density at radius 2 is 2.09 bits per heavy atom. The smallest absolute Gasteiger partial charge is 0.332 e. The first kappa shape index (κ1) is 16.3. The normalized spacial score (nSPS) is 20.9. The largest absolute Gasteiger partial charge is 0.493 e. The van der Waals surface area contributed by atoms with Gasteiger partial charge >= 0.3 is 5.97 Å². The summed E-state index contributed by atoms with van der Waals surface area (Å²) in [5.74, 6) is -0.895. The Balaban J connectivity index is 2.37. The van der Waals surface area contributed by atoms with Gasteiger partial charge in [-0.25, -0.2) is 4.79 Å². The molecule has 0 aromatic heterocycles. The maximum atomic E-state index is 12.9. The molecule has 2 rings (SSSR count). The minimum absolute atomic E-state index is 0.0229. The molecule has 1 N–H and O–H groups in total. The van der Waals surface area contributed by atoms with Crippen LogP contribution in [0.3, 0.4) is 0 Å². The minimum atomic E-state index is -1.30. The van der Waals surface area contributed by atoms with Crippen LogP contribution in [0.4, 0.5) is 0 Å². The van der Waals surface area contributed by atoms with Crippen molar-refractivity contribution in [2.24, 2.45) is 0 Å². The van der Waals surface area contributed by atoms with Crippen LogP contribution < -0.4 is 4.74 Å². The molecule has 1 aliphatic heterocycles. The number of nitrogens with zero attached hydrogens (tertiary/aromatic N) is 1. The Kier molecular flexibility index (Phi) is 5.03. The summed E-state index contributed by atoms with van der Waals surface area (Å²) in [6.07, 6.45) is 1.02. The number of likely N-dealkylation sites (tertiary alicyclic amines) is 1. The predicted octanol–water partition coefficient (Wildman–Crippen LogP) is 1.79. The zero-order valence-electron chi connectivity index (χ0n) is 12.9. The SMILES string of the molecule is CCOc1ccccc1C(=O)N1CCCC1(COC)C(=O)O. The number of carbonyl (C=O) groups is 2. The Labute approximate surface area is 129 Å². The van der Waals surface area contributed by atoms with Gasteiger partial charge in [0.25, 0.3) is 5.91 Å². The first-order valence-corrected chi connectivity index (χ1v) is 7.33. The van der Waals surface area contributed by atoms with Gasteiger partial charge in [0.1, 0.15) is 5.75 Å². The molecule has 1 aromatic rings. The number of benzene rings is 1. The topological polar surface area (TPSA) is 76.1 Å². The summed E-state index contributed by atoms with van der Waals surface area (Å²) in [5, 5.41) is 9.63. The second kappa shape index (κ2) is 6.79. The molecule has 6 nitrogen and oxygen atoms in total. The van der Waals surface area contributed by atoms with Crippen molar-refractivity contribution in [3.8, 4) is 5.75 Å². The number of methoxy groups -OCH3 is 1. The molecule has 0 bridgehead atoms. The third-order valence-electron chi connectivity index (χ3n) is 3.93. The average molecular weight is 307 g/mol. The van der Waals surface area contributed by atoms with Gasteiger partial charge in [-0.3, -0.25) is 4.79 Å². The molecule has 120 valence electrons. The number of hydrogen-bond donors (Lipinski definition) is 1. The Bertz CT molecular complexity index is 559. The molecular formula is C16H21NO5. The van der Waals surface area contributed by atoms with E-state index in [0.717, 1.165) is 0 Å². The molecule has 1 atom stereocenters. The highest BCUT2D eigenvalue weighted by Gasteiger charge is 2.50. The summed E-state index contributed by atoms with van der Waals surface area (Å²) in [6.45, 7) is 2.65. The van der Waals surface area contributed by atoms with Crippen LogP contribution in [0.15, 0.2) is 24.3 Å². The van der Waals surface area contributed by atoms with Crippen molar-refractivity contribution in [2.45, 2.75) is 25.3 Å². The molecule has 1 unspecified atom stereocenters. The van der Waals surface area contributed by atoms with Crippen molar-refractivity contribution in [1.29, 1.82) is 0 Å².